The molecule has 114 valence electrons. The molecule has 0 aliphatic carbocycles. The van der Waals surface area contributed by atoms with Crippen LogP contribution >= 0.6 is 0 Å². The number of amides is 3. The Bertz CT molecular complexity index is 624. The largest absolute Gasteiger partial charge is 0.484 e. The van der Waals surface area contributed by atoms with E-state index in [0.717, 1.165) is 11.1 Å². The van der Waals surface area contributed by atoms with Crippen molar-refractivity contribution < 1.29 is 14.3 Å². The second-order valence-electron chi connectivity index (χ2n) is 4.59. The van der Waals surface area contributed by atoms with Gasteiger partial charge in [0, 0.05) is 6.54 Å². The number of hydrogen-bond acceptors (Lipinski definition) is 3. The number of benzene rings is 2. The van der Waals surface area contributed by atoms with Gasteiger partial charge in [-0.25, -0.2) is 4.79 Å². The van der Waals surface area contributed by atoms with Crippen LogP contribution in [0.1, 0.15) is 6.92 Å². The average Bonchev–Trinajstić information content (AvgIpc) is 2.54. The molecule has 0 saturated carbocycles. The summed E-state index contributed by atoms with van der Waals surface area (Å²) in [4.78, 5) is 22.7. The van der Waals surface area contributed by atoms with Crippen LogP contribution in [-0.2, 0) is 4.79 Å². The molecule has 2 aromatic carbocycles. The molecule has 0 saturated heterocycles. The number of imide groups is 1. The topological polar surface area (TPSA) is 67.4 Å². The summed E-state index contributed by atoms with van der Waals surface area (Å²) < 4.78 is 5.35. The fourth-order valence-corrected chi connectivity index (χ4v) is 1.89. The molecule has 5 nitrogen and oxygen atoms in total. The summed E-state index contributed by atoms with van der Waals surface area (Å²) in [5, 5.41) is 4.65. The van der Waals surface area contributed by atoms with Crippen molar-refractivity contribution in [1.82, 2.24) is 10.6 Å². The Kier molecular flexibility index (Phi) is 5.54. The molecular weight excluding hydrogens is 280 g/mol. The highest BCUT2D eigenvalue weighted by Crippen LogP contribution is 2.21. The molecule has 2 aromatic rings. The maximum absolute atomic E-state index is 11.5. The number of carbonyl (C=O) groups is 2. The number of rotatable bonds is 5. The third-order valence-electron chi connectivity index (χ3n) is 2.92. The summed E-state index contributed by atoms with van der Waals surface area (Å²) in [5.74, 6) is 0.0869. The standard InChI is InChI=1S/C17H18N2O3/c1-2-18-17(21)19-16(20)12-22-15-10-8-14(9-11-15)13-6-4-3-5-7-13/h3-11H,2,12H2,1H3,(H2,18,19,20,21). The zero-order chi connectivity index (χ0) is 15.8. The van der Waals surface area contributed by atoms with Crippen LogP contribution in [0, 0.1) is 0 Å². The fraction of sp³-hybridized carbons (Fsp3) is 0.176. The first-order valence-corrected chi connectivity index (χ1v) is 7.05. The zero-order valence-corrected chi connectivity index (χ0v) is 12.3. The van der Waals surface area contributed by atoms with E-state index in [9.17, 15) is 9.59 Å². The Morgan fingerprint density at radius 3 is 2.23 bits per heavy atom. The van der Waals surface area contributed by atoms with E-state index < -0.39 is 11.9 Å². The SMILES string of the molecule is CCNC(=O)NC(=O)COc1ccc(-c2ccccc2)cc1. The third kappa shape index (κ3) is 4.63. The number of ether oxygens (including phenoxy) is 1. The van der Waals surface area contributed by atoms with Crippen molar-refractivity contribution >= 4 is 11.9 Å². The smallest absolute Gasteiger partial charge is 0.321 e. The molecule has 0 aromatic heterocycles. The van der Waals surface area contributed by atoms with E-state index in [0.29, 0.717) is 12.3 Å². The van der Waals surface area contributed by atoms with Gasteiger partial charge in [0.1, 0.15) is 5.75 Å². The maximum Gasteiger partial charge on any atom is 0.321 e. The molecule has 0 spiro atoms. The lowest BCUT2D eigenvalue weighted by atomic mass is 10.1. The lowest BCUT2D eigenvalue weighted by Gasteiger charge is -2.08. The molecule has 3 amide bonds. The van der Waals surface area contributed by atoms with Crippen LogP contribution in [0.25, 0.3) is 11.1 Å². The Hall–Kier alpha value is -2.82. The molecule has 0 heterocycles. The van der Waals surface area contributed by atoms with Gasteiger partial charge < -0.3 is 10.1 Å². The van der Waals surface area contributed by atoms with Crippen molar-refractivity contribution in [3.05, 3.63) is 54.6 Å². The van der Waals surface area contributed by atoms with Gasteiger partial charge in [0.15, 0.2) is 6.61 Å². The molecule has 5 heteroatoms. The minimum absolute atomic E-state index is 0.207. The lowest BCUT2D eigenvalue weighted by molar-refractivity contribution is -0.122. The molecule has 0 bridgehead atoms. The minimum atomic E-state index is -0.518. The Morgan fingerprint density at radius 1 is 0.955 bits per heavy atom. The van der Waals surface area contributed by atoms with Crippen molar-refractivity contribution in [3.8, 4) is 16.9 Å². The number of carbonyl (C=O) groups excluding carboxylic acids is 2. The van der Waals surface area contributed by atoms with Gasteiger partial charge in [0.2, 0.25) is 0 Å². The summed E-state index contributed by atoms with van der Waals surface area (Å²) in [6, 6.07) is 16.9. The van der Waals surface area contributed by atoms with Gasteiger partial charge >= 0.3 is 6.03 Å². The van der Waals surface area contributed by atoms with Gasteiger partial charge in [0.05, 0.1) is 0 Å². The van der Waals surface area contributed by atoms with Gasteiger partial charge in [-0.15, -0.1) is 0 Å². The zero-order valence-electron chi connectivity index (χ0n) is 12.3. The van der Waals surface area contributed by atoms with Crippen LogP contribution < -0.4 is 15.4 Å². The van der Waals surface area contributed by atoms with Crippen molar-refractivity contribution in [3.63, 3.8) is 0 Å². The Labute approximate surface area is 129 Å². The number of hydrogen-bond donors (Lipinski definition) is 2. The van der Waals surface area contributed by atoms with Gasteiger partial charge in [-0.1, -0.05) is 42.5 Å². The van der Waals surface area contributed by atoms with Crippen molar-refractivity contribution in [2.45, 2.75) is 6.92 Å². The summed E-state index contributed by atoms with van der Waals surface area (Å²) in [6.07, 6.45) is 0. The van der Waals surface area contributed by atoms with Crippen molar-refractivity contribution in [2.24, 2.45) is 0 Å². The molecule has 22 heavy (non-hydrogen) atoms. The highest BCUT2D eigenvalue weighted by molar-refractivity contribution is 5.94. The molecule has 0 aliphatic heterocycles. The van der Waals surface area contributed by atoms with Gasteiger partial charge in [0.25, 0.3) is 5.91 Å². The lowest BCUT2D eigenvalue weighted by Crippen LogP contribution is -2.41. The van der Waals surface area contributed by atoms with E-state index in [4.69, 9.17) is 4.74 Å². The van der Waals surface area contributed by atoms with Gasteiger partial charge in [-0.05, 0) is 30.2 Å². The summed E-state index contributed by atoms with van der Waals surface area (Å²) in [5.41, 5.74) is 2.18. The molecule has 0 aliphatic rings. The van der Waals surface area contributed by atoms with E-state index in [1.54, 1.807) is 19.1 Å². The molecule has 0 unspecified atom stereocenters. The van der Waals surface area contributed by atoms with Crippen LogP contribution in [0.4, 0.5) is 4.79 Å². The van der Waals surface area contributed by atoms with Crippen LogP contribution in [0.2, 0.25) is 0 Å². The summed E-state index contributed by atoms with van der Waals surface area (Å²) in [7, 11) is 0. The van der Waals surface area contributed by atoms with Crippen LogP contribution in [-0.4, -0.2) is 25.1 Å². The van der Waals surface area contributed by atoms with Crippen LogP contribution in [0.5, 0.6) is 5.75 Å². The molecule has 2 N–H and O–H groups in total. The predicted molar refractivity (Wildman–Crippen MR) is 84.6 cm³/mol. The molecule has 0 atom stereocenters. The van der Waals surface area contributed by atoms with Crippen LogP contribution in [0.15, 0.2) is 54.6 Å². The first kappa shape index (κ1) is 15.6. The number of nitrogens with one attached hydrogen (secondary N) is 2. The van der Waals surface area contributed by atoms with E-state index in [-0.39, 0.29) is 6.61 Å². The molecule has 0 fully saturated rings. The van der Waals surface area contributed by atoms with Gasteiger partial charge in [-0.2, -0.15) is 0 Å². The van der Waals surface area contributed by atoms with E-state index in [2.05, 4.69) is 10.6 Å². The molecular formula is C17H18N2O3. The van der Waals surface area contributed by atoms with E-state index in [1.807, 2.05) is 42.5 Å². The predicted octanol–water partition coefficient (Wildman–Crippen LogP) is 2.58. The Balaban J connectivity index is 1.87. The average molecular weight is 298 g/mol. The highest BCUT2D eigenvalue weighted by Gasteiger charge is 2.07. The third-order valence-corrected chi connectivity index (χ3v) is 2.92. The first-order valence-electron chi connectivity index (χ1n) is 7.05. The monoisotopic (exact) mass is 298 g/mol. The Morgan fingerprint density at radius 2 is 1.59 bits per heavy atom. The van der Waals surface area contributed by atoms with Crippen molar-refractivity contribution in [1.29, 1.82) is 0 Å². The second kappa shape index (κ2) is 7.83. The maximum atomic E-state index is 11.5. The quantitative estimate of drug-likeness (QED) is 0.891. The van der Waals surface area contributed by atoms with Gasteiger partial charge in [-0.3, -0.25) is 10.1 Å². The van der Waals surface area contributed by atoms with E-state index in [1.165, 1.54) is 0 Å². The second-order valence-corrected chi connectivity index (χ2v) is 4.59. The van der Waals surface area contributed by atoms with E-state index >= 15 is 0 Å². The fourth-order valence-electron chi connectivity index (χ4n) is 1.89. The summed E-state index contributed by atoms with van der Waals surface area (Å²) >= 11 is 0. The first-order chi connectivity index (χ1) is 10.7. The minimum Gasteiger partial charge on any atom is -0.484 e. The highest BCUT2D eigenvalue weighted by atomic mass is 16.5. The summed E-state index contributed by atoms with van der Waals surface area (Å²) in [6.45, 7) is 2.03. The molecule has 2 rings (SSSR count). The molecule has 0 radical (unpaired) electrons. The van der Waals surface area contributed by atoms with Crippen molar-refractivity contribution in [2.75, 3.05) is 13.2 Å². The normalized spacial score (nSPS) is 9.86. The van der Waals surface area contributed by atoms with Crippen LogP contribution in [0.3, 0.4) is 0 Å². The number of urea groups is 1.